The van der Waals surface area contributed by atoms with Gasteiger partial charge in [0.25, 0.3) is 0 Å². The van der Waals surface area contributed by atoms with Crippen LogP contribution in [-0.2, 0) is 11.2 Å². The molecule has 0 aliphatic carbocycles. The van der Waals surface area contributed by atoms with Crippen LogP contribution in [0.15, 0.2) is 42.7 Å². The summed E-state index contributed by atoms with van der Waals surface area (Å²) >= 11 is 0. The van der Waals surface area contributed by atoms with E-state index in [0.29, 0.717) is 5.75 Å². The average Bonchev–Trinajstić information content (AvgIpc) is 2.91. The fourth-order valence-electron chi connectivity index (χ4n) is 2.04. The number of carboxylic acids is 1. The third-order valence-corrected chi connectivity index (χ3v) is 3.19. The highest BCUT2D eigenvalue weighted by Crippen LogP contribution is 2.26. The third-order valence-electron chi connectivity index (χ3n) is 3.19. The molecule has 0 saturated carbocycles. The quantitative estimate of drug-likeness (QED) is 0.872. The number of nitrogens with zero attached hydrogens (tertiary/aromatic N) is 1. The summed E-state index contributed by atoms with van der Waals surface area (Å²) in [6.45, 7) is 1.50. The number of carbonyl (C=O) groups is 1. The molecule has 0 saturated heterocycles. The molecule has 3 N–H and O–H groups in total. The number of rotatable bonds is 5. The SMILES string of the molecule is COc1cc(CC(C)(N)C(=O)O)ccc1-n1cccc1. The molecule has 20 heavy (non-hydrogen) atoms. The molecule has 0 aliphatic rings. The Balaban J connectivity index is 2.33. The van der Waals surface area contributed by atoms with Crippen LogP contribution in [0.5, 0.6) is 5.75 Å². The average molecular weight is 274 g/mol. The summed E-state index contributed by atoms with van der Waals surface area (Å²) in [7, 11) is 1.59. The molecule has 0 spiro atoms. The Labute approximate surface area is 117 Å². The molecule has 0 amide bonds. The van der Waals surface area contributed by atoms with Gasteiger partial charge in [-0.2, -0.15) is 0 Å². The van der Waals surface area contributed by atoms with Gasteiger partial charge in [0, 0.05) is 18.8 Å². The highest BCUT2D eigenvalue weighted by atomic mass is 16.5. The molecule has 2 aromatic rings. The van der Waals surface area contributed by atoms with Crippen LogP contribution in [0.1, 0.15) is 12.5 Å². The molecule has 0 fully saturated rings. The van der Waals surface area contributed by atoms with Crippen molar-refractivity contribution in [3.63, 3.8) is 0 Å². The van der Waals surface area contributed by atoms with E-state index in [2.05, 4.69) is 0 Å². The minimum Gasteiger partial charge on any atom is -0.495 e. The van der Waals surface area contributed by atoms with Gasteiger partial charge in [-0.3, -0.25) is 4.79 Å². The lowest BCUT2D eigenvalue weighted by Gasteiger charge is -2.20. The molecular formula is C15H18N2O3. The second-order valence-electron chi connectivity index (χ2n) is 5.00. The monoisotopic (exact) mass is 274 g/mol. The molecule has 1 unspecified atom stereocenters. The Morgan fingerprint density at radius 1 is 1.40 bits per heavy atom. The number of methoxy groups -OCH3 is 1. The van der Waals surface area contributed by atoms with Crippen molar-refractivity contribution in [1.29, 1.82) is 0 Å². The van der Waals surface area contributed by atoms with Gasteiger partial charge in [0.2, 0.25) is 0 Å². The van der Waals surface area contributed by atoms with Crippen LogP contribution in [0.25, 0.3) is 5.69 Å². The summed E-state index contributed by atoms with van der Waals surface area (Å²) in [5.74, 6) is -0.342. The Hall–Kier alpha value is -2.27. The summed E-state index contributed by atoms with van der Waals surface area (Å²) in [5, 5.41) is 9.07. The topological polar surface area (TPSA) is 77.5 Å². The molecule has 1 heterocycles. The number of benzene rings is 1. The van der Waals surface area contributed by atoms with Gasteiger partial charge in [0.1, 0.15) is 11.3 Å². The summed E-state index contributed by atoms with van der Waals surface area (Å²) in [6, 6.07) is 9.44. The zero-order valence-corrected chi connectivity index (χ0v) is 11.5. The van der Waals surface area contributed by atoms with Crippen molar-refractivity contribution in [3.05, 3.63) is 48.3 Å². The summed E-state index contributed by atoms with van der Waals surface area (Å²) < 4.78 is 7.31. The summed E-state index contributed by atoms with van der Waals surface area (Å²) in [4.78, 5) is 11.1. The number of aromatic nitrogens is 1. The normalized spacial score (nSPS) is 13.8. The fraction of sp³-hybridized carbons (Fsp3) is 0.267. The van der Waals surface area contributed by atoms with E-state index < -0.39 is 11.5 Å². The van der Waals surface area contributed by atoms with Crippen molar-refractivity contribution in [2.24, 2.45) is 5.73 Å². The molecular weight excluding hydrogens is 256 g/mol. The van der Waals surface area contributed by atoms with E-state index in [4.69, 9.17) is 15.6 Å². The minimum absolute atomic E-state index is 0.241. The van der Waals surface area contributed by atoms with Gasteiger partial charge in [0.15, 0.2) is 0 Å². The first-order valence-corrected chi connectivity index (χ1v) is 6.26. The third kappa shape index (κ3) is 2.83. The second kappa shape index (κ2) is 5.38. The maximum absolute atomic E-state index is 11.1. The van der Waals surface area contributed by atoms with Crippen molar-refractivity contribution in [2.45, 2.75) is 18.9 Å². The first kappa shape index (κ1) is 14.1. The number of aliphatic carboxylic acids is 1. The van der Waals surface area contributed by atoms with Gasteiger partial charge in [-0.25, -0.2) is 0 Å². The lowest BCUT2D eigenvalue weighted by Crippen LogP contribution is -2.46. The van der Waals surface area contributed by atoms with Crippen molar-refractivity contribution < 1.29 is 14.6 Å². The van der Waals surface area contributed by atoms with Gasteiger partial charge in [-0.15, -0.1) is 0 Å². The van der Waals surface area contributed by atoms with Crippen LogP contribution in [0.2, 0.25) is 0 Å². The van der Waals surface area contributed by atoms with Crippen LogP contribution >= 0.6 is 0 Å². The Morgan fingerprint density at radius 2 is 2.05 bits per heavy atom. The van der Waals surface area contributed by atoms with E-state index in [9.17, 15) is 4.79 Å². The van der Waals surface area contributed by atoms with Gasteiger partial charge in [0.05, 0.1) is 12.8 Å². The maximum Gasteiger partial charge on any atom is 0.323 e. The van der Waals surface area contributed by atoms with Crippen molar-refractivity contribution >= 4 is 5.97 Å². The lowest BCUT2D eigenvalue weighted by atomic mass is 9.94. The molecule has 2 rings (SSSR count). The summed E-state index contributed by atoms with van der Waals surface area (Å²) in [5.41, 5.74) is 6.20. The largest absolute Gasteiger partial charge is 0.495 e. The Morgan fingerprint density at radius 3 is 2.60 bits per heavy atom. The zero-order chi connectivity index (χ0) is 14.8. The van der Waals surface area contributed by atoms with Crippen LogP contribution in [-0.4, -0.2) is 28.3 Å². The molecule has 1 aromatic heterocycles. The Bertz CT molecular complexity index is 604. The van der Waals surface area contributed by atoms with Crippen LogP contribution in [0, 0.1) is 0 Å². The molecule has 1 atom stereocenters. The van der Waals surface area contributed by atoms with E-state index in [1.807, 2.05) is 47.3 Å². The van der Waals surface area contributed by atoms with Gasteiger partial charge in [-0.1, -0.05) is 6.07 Å². The summed E-state index contributed by atoms with van der Waals surface area (Å²) in [6.07, 6.45) is 4.08. The number of nitrogens with two attached hydrogens (primary N) is 1. The number of carboxylic acid groups (broad SMARTS) is 1. The minimum atomic E-state index is -1.29. The van der Waals surface area contributed by atoms with E-state index in [-0.39, 0.29) is 6.42 Å². The van der Waals surface area contributed by atoms with E-state index >= 15 is 0 Å². The van der Waals surface area contributed by atoms with E-state index in [0.717, 1.165) is 11.3 Å². The molecule has 0 aliphatic heterocycles. The molecule has 1 aromatic carbocycles. The van der Waals surface area contributed by atoms with Crippen LogP contribution in [0.3, 0.4) is 0 Å². The maximum atomic E-state index is 11.1. The van der Waals surface area contributed by atoms with Crippen LogP contribution in [0.4, 0.5) is 0 Å². The van der Waals surface area contributed by atoms with Gasteiger partial charge in [-0.05, 0) is 36.8 Å². The molecule has 0 radical (unpaired) electrons. The molecule has 5 heteroatoms. The second-order valence-corrected chi connectivity index (χ2v) is 5.00. The molecule has 0 bridgehead atoms. The molecule has 106 valence electrons. The lowest BCUT2D eigenvalue weighted by molar-refractivity contribution is -0.142. The first-order valence-electron chi connectivity index (χ1n) is 6.26. The predicted octanol–water partition coefficient (Wildman–Crippen LogP) is 1.83. The van der Waals surface area contributed by atoms with E-state index in [1.165, 1.54) is 6.92 Å². The number of ether oxygens (including phenoxy) is 1. The smallest absolute Gasteiger partial charge is 0.323 e. The van der Waals surface area contributed by atoms with Gasteiger partial charge < -0.3 is 20.1 Å². The number of hydrogen-bond acceptors (Lipinski definition) is 3. The predicted molar refractivity (Wildman–Crippen MR) is 76.3 cm³/mol. The first-order chi connectivity index (χ1) is 9.44. The van der Waals surface area contributed by atoms with Gasteiger partial charge >= 0.3 is 5.97 Å². The highest BCUT2D eigenvalue weighted by Gasteiger charge is 2.28. The van der Waals surface area contributed by atoms with Crippen molar-refractivity contribution in [3.8, 4) is 11.4 Å². The highest BCUT2D eigenvalue weighted by molar-refractivity contribution is 5.78. The van der Waals surface area contributed by atoms with Crippen molar-refractivity contribution in [1.82, 2.24) is 4.57 Å². The van der Waals surface area contributed by atoms with Crippen molar-refractivity contribution in [2.75, 3.05) is 7.11 Å². The van der Waals surface area contributed by atoms with Crippen LogP contribution < -0.4 is 10.5 Å². The zero-order valence-electron chi connectivity index (χ0n) is 11.5. The Kier molecular flexibility index (Phi) is 3.81. The standard InChI is InChI=1S/C15H18N2O3/c1-15(16,14(18)19)10-11-5-6-12(13(9-11)20-2)17-7-3-4-8-17/h3-9H,10,16H2,1-2H3,(H,18,19). The van der Waals surface area contributed by atoms with E-state index in [1.54, 1.807) is 7.11 Å². The number of hydrogen-bond donors (Lipinski definition) is 2. The fourth-order valence-corrected chi connectivity index (χ4v) is 2.04. The molecule has 5 nitrogen and oxygen atoms in total.